The molecule has 0 bridgehead atoms. The van der Waals surface area contributed by atoms with Gasteiger partial charge in [-0.25, -0.2) is 4.98 Å². The highest BCUT2D eigenvalue weighted by molar-refractivity contribution is 9.10. The van der Waals surface area contributed by atoms with Crippen LogP contribution in [0, 0.1) is 11.3 Å². The number of nitrogens with zero attached hydrogens (tertiary/aromatic N) is 4. The van der Waals surface area contributed by atoms with Crippen molar-refractivity contribution in [2.75, 3.05) is 11.9 Å². The Labute approximate surface area is 153 Å². The van der Waals surface area contributed by atoms with Gasteiger partial charge in [0.05, 0.1) is 6.33 Å². The fourth-order valence-electron chi connectivity index (χ4n) is 2.18. The molecule has 128 valence electrons. The number of anilines is 1. The number of ether oxygens (including phenoxy) is 1. The summed E-state index contributed by atoms with van der Waals surface area (Å²) in [4.78, 5) is 8.14. The van der Waals surface area contributed by atoms with Crippen molar-refractivity contribution in [1.29, 1.82) is 5.26 Å². The predicted molar refractivity (Wildman–Crippen MR) is 95.0 cm³/mol. The molecule has 3 aromatic rings. The molecular formula is C17H16BrN5O2. The molecule has 1 aromatic carbocycles. The highest BCUT2D eigenvalue weighted by atomic mass is 79.9. The van der Waals surface area contributed by atoms with Gasteiger partial charge in [0, 0.05) is 30.0 Å². The summed E-state index contributed by atoms with van der Waals surface area (Å²) in [6.45, 7) is 1.66. The molecule has 8 heteroatoms. The van der Waals surface area contributed by atoms with Crippen molar-refractivity contribution in [3.05, 3.63) is 59.0 Å². The number of hydrogen-bond acceptors (Lipinski definition) is 6. The number of halogens is 1. The van der Waals surface area contributed by atoms with Crippen LogP contribution in [0.5, 0.6) is 5.75 Å². The van der Waals surface area contributed by atoms with Crippen LogP contribution in [0.15, 0.2) is 51.9 Å². The van der Waals surface area contributed by atoms with Crippen molar-refractivity contribution in [3.63, 3.8) is 0 Å². The Morgan fingerprint density at radius 3 is 2.88 bits per heavy atom. The van der Waals surface area contributed by atoms with Crippen molar-refractivity contribution in [2.45, 2.75) is 19.6 Å². The van der Waals surface area contributed by atoms with Crippen LogP contribution in [0.2, 0.25) is 0 Å². The third-order valence-corrected chi connectivity index (χ3v) is 3.92. The predicted octanol–water partition coefficient (Wildman–Crippen LogP) is 3.59. The first-order valence-electron chi connectivity index (χ1n) is 7.72. The van der Waals surface area contributed by atoms with Crippen molar-refractivity contribution in [2.24, 2.45) is 0 Å². The molecule has 25 heavy (non-hydrogen) atoms. The normalized spacial score (nSPS) is 10.4. The van der Waals surface area contributed by atoms with E-state index < -0.39 is 0 Å². The Kier molecular flexibility index (Phi) is 5.69. The van der Waals surface area contributed by atoms with E-state index >= 15 is 0 Å². The van der Waals surface area contributed by atoms with Gasteiger partial charge in [-0.05, 0) is 30.7 Å². The molecule has 0 aliphatic rings. The summed E-state index contributed by atoms with van der Waals surface area (Å²) in [6, 6.07) is 9.49. The summed E-state index contributed by atoms with van der Waals surface area (Å²) in [6.07, 6.45) is 6.29. The molecule has 0 unspecified atom stereocenters. The van der Waals surface area contributed by atoms with Gasteiger partial charge in [-0.3, -0.25) is 0 Å². The van der Waals surface area contributed by atoms with E-state index in [-0.39, 0.29) is 12.3 Å². The lowest BCUT2D eigenvalue weighted by atomic mass is 10.3. The first-order chi connectivity index (χ1) is 12.2. The Morgan fingerprint density at radius 1 is 1.32 bits per heavy atom. The number of oxazole rings is 1. The molecule has 0 amide bonds. The fraction of sp³-hybridized carbons (Fsp3) is 0.235. The first kappa shape index (κ1) is 17.0. The van der Waals surface area contributed by atoms with E-state index in [1.54, 1.807) is 12.5 Å². The zero-order chi connectivity index (χ0) is 17.5. The molecule has 0 aliphatic heterocycles. The van der Waals surface area contributed by atoms with Crippen LogP contribution in [-0.2, 0) is 13.2 Å². The molecule has 0 fully saturated rings. The molecule has 0 radical (unpaired) electrons. The SMILES string of the molecule is N#Cc1nc(COc2ccc(Br)cc2)oc1NCCCn1ccnc1. The van der Waals surface area contributed by atoms with Gasteiger partial charge in [0.15, 0.2) is 6.61 Å². The van der Waals surface area contributed by atoms with Gasteiger partial charge < -0.3 is 19.0 Å². The van der Waals surface area contributed by atoms with E-state index in [9.17, 15) is 5.26 Å². The highest BCUT2D eigenvalue weighted by Gasteiger charge is 2.13. The molecule has 0 saturated heterocycles. The van der Waals surface area contributed by atoms with Crippen molar-refractivity contribution in [3.8, 4) is 11.8 Å². The quantitative estimate of drug-likeness (QED) is 0.580. The smallest absolute Gasteiger partial charge is 0.236 e. The number of benzene rings is 1. The third kappa shape index (κ3) is 4.84. The second-order valence-electron chi connectivity index (χ2n) is 5.22. The van der Waals surface area contributed by atoms with Crippen LogP contribution in [0.25, 0.3) is 0 Å². The number of imidazole rings is 1. The minimum atomic E-state index is 0.160. The van der Waals surface area contributed by atoms with E-state index in [4.69, 9.17) is 9.15 Å². The minimum absolute atomic E-state index is 0.160. The monoisotopic (exact) mass is 401 g/mol. The number of aromatic nitrogens is 3. The van der Waals surface area contributed by atoms with Gasteiger partial charge in [0.25, 0.3) is 0 Å². The van der Waals surface area contributed by atoms with E-state index in [0.29, 0.717) is 24.1 Å². The Morgan fingerprint density at radius 2 is 2.16 bits per heavy atom. The van der Waals surface area contributed by atoms with E-state index in [2.05, 4.69) is 31.2 Å². The Balaban J connectivity index is 1.52. The maximum atomic E-state index is 9.18. The van der Waals surface area contributed by atoms with Crippen LogP contribution in [-0.4, -0.2) is 21.1 Å². The first-order valence-corrected chi connectivity index (χ1v) is 8.51. The van der Waals surface area contributed by atoms with Crippen LogP contribution < -0.4 is 10.1 Å². The van der Waals surface area contributed by atoms with Crippen molar-refractivity contribution >= 4 is 21.8 Å². The summed E-state index contributed by atoms with van der Waals surface area (Å²) in [7, 11) is 0. The lowest BCUT2D eigenvalue weighted by Crippen LogP contribution is -2.06. The zero-order valence-electron chi connectivity index (χ0n) is 13.4. The van der Waals surface area contributed by atoms with Crippen molar-refractivity contribution in [1.82, 2.24) is 14.5 Å². The number of nitrogens with one attached hydrogen (secondary N) is 1. The van der Waals surface area contributed by atoms with Gasteiger partial charge in [0.1, 0.15) is 11.8 Å². The molecule has 0 saturated carbocycles. The second kappa shape index (κ2) is 8.35. The molecule has 0 atom stereocenters. The number of hydrogen-bond donors (Lipinski definition) is 1. The van der Waals surface area contributed by atoms with Crippen LogP contribution in [0.3, 0.4) is 0 Å². The topological polar surface area (TPSA) is 88.9 Å². The standard InChI is InChI=1S/C17H16BrN5O2/c18-13-2-4-14(5-3-13)24-11-16-22-15(10-19)17(25-16)21-6-1-8-23-9-7-20-12-23/h2-5,7,9,12,21H,1,6,8,11H2. The van der Waals surface area contributed by atoms with Gasteiger partial charge in [0.2, 0.25) is 17.5 Å². The van der Waals surface area contributed by atoms with Crippen LogP contribution >= 0.6 is 15.9 Å². The lowest BCUT2D eigenvalue weighted by Gasteiger charge is -2.04. The lowest BCUT2D eigenvalue weighted by molar-refractivity contribution is 0.264. The summed E-state index contributed by atoms with van der Waals surface area (Å²) in [5.41, 5.74) is 0.233. The highest BCUT2D eigenvalue weighted by Crippen LogP contribution is 2.20. The molecule has 2 heterocycles. The van der Waals surface area contributed by atoms with Gasteiger partial charge in [-0.15, -0.1) is 0 Å². The number of rotatable bonds is 8. The van der Waals surface area contributed by atoms with E-state index in [1.807, 2.05) is 41.1 Å². The molecule has 2 aromatic heterocycles. The minimum Gasteiger partial charge on any atom is -0.484 e. The Bertz CT molecular complexity index is 837. The van der Waals surface area contributed by atoms with Gasteiger partial charge in [-0.1, -0.05) is 15.9 Å². The summed E-state index contributed by atoms with van der Waals surface area (Å²) in [5, 5.41) is 12.3. The van der Waals surface area contributed by atoms with Crippen LogP contribution in [0.1, 0.15) is 18.0 Å². The largest absolute Gasteiger partial charge is 0.484 e. The maximum Gasteiger partial charge on any atom is 0.236 e. The summed E-state index contributed by atoms with van der Waals surface area (Å²) in [5.74, 6) is 1.44. The average molecular weight is 402 g/mol. The summed E-state index contributed by atoms with van der Waals surface area (Å²) < 4.78 is 14.2. The molecule has 3 rings (SSSR count). The van der Waals surface area contributed by atoms with E-state index in [1.165, 1.54) is 0 Å². The van der Waals surface area contributed by atoms with Crippen LogP contribution in [0.4, 0.5) is 5.88 Å². The fourth-order valence-corrected chi connectivity index (χ4v) is 2.44. The molecule has 0 spiro atoms. The molecule has 7 nitrogen and oxygen atoms in total. The molecular weight excluding hydrogens is 386 g/mol. The molecule has 1 N–H and O–H groups in total. The zero-order valence-corrected chi connectivity index (χ0v) is 14.9. The Hall–Kier alpha value is -2.79. The molecule has 0 aliphatic carbocycles. The van der Waals surface area contributed by atoms with Crippen molar-refractivity contribution < 1.29 is 9.15 Å². The maximum absolute atomic E-state index is 9.18. The van der Waals surface area contributed by atoms with Gasteiger partial charge >= 0.3 is 0 Å². The number of aryl methyl sites for hydroxylation is 1. The average Bonchev–Trinajstić information content (AvgIpc) is 3.28. The third-order valence-electron chi connectivity index (χ3n) is 3.39. The number of nitriles is 1. The second-order valence-corrected chi connectivity index (χ2v) is 6.14. The van der Waals surface area contributed by atoms with Gasteiger partial charge in [-0.2, -0.15) is 10.2 Å². The summed E-state index contributed by atoms with van der Waals surface area (Å²) >= 11 is 3.37. The van der Waals surface area contributed by atoms with E-state index in [0.717, 1.165) is 17.4 Å².